The number of ether oxygens (including phenoxy) is 2. The van der Waals surface area contributed by atoms with Gasteiger partial charge >= 0.3 is 18.0 Å². The van der Waals surface area contributed by atoms with Gasteiger partial charge < -0.3 is 20.1 Å². The molecule has 2 heterocycles. The number of thioether (sulfide) groups is 1. The highest BCUT2D eigenvalue weighted by molar-refractivity contribution is 7.99. The number of hydrogen-bond donors (Lipinski definition) is 2. The van der Waals surface area contributed by atoms with Crippen molar-refractivity contribution in [2.45, 2.75) is 24.3 Å². The second kappa shape index (κ2) is 10.8. The molecule has 3 rings (SSSR count). The standard InChI is InChI=1S/C21H22N2O5S2/c1-2-27-20(25)18-15(22-21(26)23-19(18)16-9-6-11-30-16)13-28-17(24)10-12-29-14-7-4-3-5-8-14/h3-9,11,19H,2,10,12-13H2,1H3,(H2,22,23,26). The van der Waals surface area contributed by atoms with Gasteiger partial charge in [-0.15, -0.1) is 23.1 Å². The number of benzene rings is 1. The second-order valence-corrected chi connectivity index (χ2v) is 8.38. The number of urea groups is 1. The lowest BCUT2D eigenvalue weighted by atomic mass is 10.0. The van der Waals surface area contributed by atoms with Crippen molar-refractivity contribution in [3.05, 3.63) is 64.0 Å². The number of nitrogens with one attached hydrogen (secondary N) is 2. The molecule has 0 aliphatic carbocycles. The molecule has 1 atom stereocenters. The summed E-state index contributed by atoms with van der Waals surface area (Å²) in [6.07, 6.45) is 0.210. The number of carbonyl (C=O) groups is 3. The number of rotatable bonds is 9. The Balaban J connectivity index is 1.66. The molecule has 2 N–H and O–H groups in total. The van der Waals surface area contributed by atoms with Gasteiger partial charge in [-0.25, -0.2) is 9.59 Å². The van der Waals surface area contributed by atoms with Gasteiger partial charge in [0, 0.05) is 15.5 Å². The van der Waals surface area contributed by atoms with Crippen LogP contribution in [0.5, 0.6) is 0 Å². The van der Waals surface area contributed by atoms with Crippen LogP contribution in [0.2, 0.25) is 0 Å². The normalized spacial score (nSPS) is 15.9. The summed E-state index contributed by atoms with van der Waals surface area (Å²) in [6.45, 7) is 1.69. The molecule has 1 aromatic carbocycles. The maximum atomic E-state index is 12.6. The first-order valence-corrected chi connectivity index (χ1v) is 11.3. The summed E-state index contributed by atoms with van der Waals surface area (Å²) in [4.78, 5) is 38.7. The second-order valence-electron chi connectivity index (χ2n) is 6.23. The molecule has 1 aliphatic heterocycles. The van der Waals surface area contributed by atoms with Crippen LogP contribution in [0.3, 0.4) is 0 Å². The highest BCUT2D eigenvalue weighted by Crippen LogP contribution is 2.30. The molecule has 2 aromatic rings. The van der Waals surface area contributed by atoms with Crippen molar-refractivity contribution in [3.8, 4) is 0 Å². The van der Waals surface area contributed by atoms with E-state index in [1.807, 2.05) is 47.8 Å². The van der Waals surface area contributed by atoms with Crippen molar-refractivity contribution in [2.75, 3.05) is 19.0 Å². The van der Waals surface area contributed by atoms with Gasteiger partial charge in [0.1, 0.15) is 6.61 Å². The Morgan fingerprint density at radius 2 is 1.93 bits per heavy atom. The lowest BCUT2D eigenvalue weighted by Gasteiger charge is -2.28. The summed E-state index contributed by atoms with van der Waals surface area (Å²) in [5.74, 6) is -0.401. The van der Waals surface area contributed by atoms with Crippen LogP contribution in [-0.4, -0.2) is 36.9 Å². The zero-order chi connectivity index (χ0) is 21.3. The van der Waals surface area contributed by atoms with Crippen LogP contribution in [0, 0.1) is 0 Å². The first kappa shape index (κ1) is 21.9. The van der Waals surface area contributed by atoms with E-state index in [9.17, 15) is 14.4 Å². The van der Waals surface area contributed by atoms with Crippen LogP contribution in [0.15, 0.2) is 64.0 Å². The maximum Gasteiger partial charge on any atom is 0.338 e. The van der Waals surface area contributed by atoms with Crippen LogP contribution in [-0.2, 0) is 19.1 Å². The minimum Gasteiger partial charge on any atom is -0.463 e. The van der Waals surface area contributed by atoms with Crippen molar-refractivity contribution in [3.63, 3.8) is 0 Å². The summed E-state index contributed by atoms with van der Waals surface area (Å²) in [7, 11) is 0. The lowest BCUT2D eigenvalue weighted by molar-refractivity contribution is -0.143. The third kappa shape index (κ3) is 5.87. The third-order valence-corrected chi connectivity index (χ3v) is 6.12. The molecule has 0 bridgehead atoms. The van der Waals surface area contributed by atoms with Crippen molar-refractivity contribution in [2.24, 2.45) is 0 Å². The summed E-state index contributed by atoms with van der Waals surface area (Å²) in [5.41, 5.74) is 0.477. The highest BCUT2D eigenvalue weighted by atomic mass is 32.2. The third-order valence-electron chi connectivity index (χ3n) is 4.17. The molecule has 158 valence electrons. The van der Waals surface area contributed by atoms with Crippen molar-refractivity contribution >= 4 is 41.1 Å². The van der Waals surface area contributed by atoms with Gasteiger partial charge in [0.2, 0.25) is 0 Å². The summed E-state index contributed by atoms with van der Waals surface area (Å²) >= 11 is 2.97. The molecule has 0 radical (unpaired) electrons. The Kier molecular flexibility index (Phi) is 7.92. The Hall–Kier alpha value is -2.78. The molecule has 1 aliphatic rings. The van der Waals surface area contributed by atoms with Gasteiger partial charge in [-0.05, 0) is 30.5 Å². The maximum absolute atomic E-state index is 12.6. The number of hydrogen-bond acceptors (Lipinski definition) is 7. The van der Waals surface area contributed by atoms with Crippen LogP contribution in [0.4, 0.5) is 4.79 Å². The van der Waals surface area contributed by atoms with E-state index >= 15 is 0 Å². The summed E-state index contributed by atoms with van der Waals surface area (Å²) < 4.78 is 10.5. The molecule has 1 unspecified atom stereocenters. The van der Waals surface area contributed by atoms with E-state index < -0.39 is 24.0 Å². The zero-order valence-electron chi connectivity index (χ0n) is 16.4. The topological polar surface area (TPSA) is 93.7 Å². The smallest absolute Gasteiger partial charge is 0.338 e. The first-order valence-electron chi connectivity index (χ1n) is 9.43. The van der Waals surface area contributed by atoms with E-state index in [0.29, 0.717) is 5.75 Å². The molecule has 0 spiro atoms. The van der Waals surface area contributed by atoms with Crippen molar-refractivity contribution < 1.29 is 23.9 Å². The highest BCUT2D eigenvalue weighted by Gasteiger charge is 2.34. The number of esters is 2. The number of carbonyl (C=O) groups excluding carboxylic acids is 3. The predicted octanol–water partition coefficient (Wildman–Crippen LogP) is 3.64. The van der Waals surface area contributed by atoms with E-state index in [1.54, 1.807) is 18.7 Å². The molecule has 1 aromatic heterocycles. The van der Waals surface area contributed by atoms with Crippen LogP contribution in [0.1, 0.15) is 24.3 Å². The summed E-state index contributed by atoms with van der Waals surface area (Å²) in [5, 5.41) is 7.18. The van der Waals surface area contributed by atoms with Crippen LogP contribution in [0.25, 0.3) is 0 Å². The number of thiophene rings is 1. The van der Waals surface area contributed by atoms with Crippen molar-refractivity contribution in [1.29, 1.82) is 0 Å². The first-order chi connectivity index (χ1) is 14.6. The Labute approximate surface area is 182 Å². The van der Waals surface area contributed by atoms with Gasteiger partial charge in [-0.2, -0.15) is 0 Å². The largest absolute Gasteiger partial charge is 0.463 e. The fourth-order valence-electron chi connectivity index (χ4n) is 2.84. The molecular weight excluding hydrogens is 424 g/mol. The monoisotopic (exact) mass is 446 g/mol. The molecule has 2 amide bonds. The average Bonchev–Trinajstić information content (AvgIpc) is 3.27. The van der Waals surface area contributed by atoms with Gasteiger partial charge in [0.15, 0.2) is 0 Å². The fourth-order valence-corrected chi connectivity index (χ4v) is 4.48. The Morgan fingerprint density at radius 1 is 1.13 bits per heavy atom. The average molecular weight is 447 g/mol. The Bertz CT molecular complexity index is 913. The molecular formula is C21H22N2O5S2. The van der Waals surface area contributed by atoms with E-state index in [1.165, 1.54) is 11.3 Å². The lowest BCUT2D eigenvalue weighted by Crippen LogP contribution is -2.46. The van der Waals surface area contributed by atoms with Crippen molar-refractivity contribution in [1.82, 2.24) is 10.6 Å². The summed E-state index contributed by atoms with van der Waals surface area (Å²) in [6, 6.07) is 12.3. The predicted molar refractivity (Wildman–Crippen MR) is 115 cm³/mol. The molecule has 0 saturated carbocycles. The van der Waals surface area contributed by atoms with E-state index in [4.69, 9.17) is 9.47 Å². The fraction of sp³-hybridized carbons (Fsp3) is 0.286. The molecule has 0 fully saturated rings. The molecule has 30 heavy (non-hydrogen) atoms. The Morgan fingerprint density at radius 3 is 2.63 bits per heavy atom. The van der Waals surface area contributed by atoms with E-state index in [0.717, 1.165) is 9.77 Å². The minimum atomic E-state index is -0.653. The van der Waals surface area contributed by atoms with Gasteiger partial charge in [0.05, 0.1) is 30.3 Å². The van der Waals surface area contributed by atoms with Gasteiger partial charge in [0.25, 0.3) is 0 Å². The minimum absolute atomic E-state index is 0.192. The van der Waals surface area contributed by atoms with E-state index in [-0.39, 0.29) is 30.9 Å². The van der Waals surface area contributed by atoms with E-state index in [2.05, 4.69) is 10.6 Å². The number of amides is 2. The quantitative estimate of drug-likeness (QED) is 0.451. The van der Waals surface area contributed by atoms with Gasteiger partial charge in [-0.1, -0.05) is 24.3 Å². The molecule has 0 saturated heterocycles. The SMILES string of the molecule is CCOC(=O)C1=C(COC(=O)CCSc2ccccc2)NC(=O)NC1c1cccs1. The van der Waals surface area contributed by atoms with Crippen LogP contribution >= 0.6 is 23.1 Å². The zero-order valence-corrected chi connectivity index (χ0v) is 18.0. The van der Waals surface area contributed by atoms with Crippen LogP contribution < -0.4 is 10.6 Å². The molecule has 9 heteroatoms. The molecule has 7 nitrogen and oxygen atoms in total. The van der Waals surface area contributed by atoms with Gasteiger partial charge in [-0.3, -0.25) is 4.79 Å².